The van der Waals surface area contributed by atoms with E-state index >= 15 is 0 Å². The van der Waals surface area contributed by atoms with Crippen LogP contribution in [0.3, 0.4) is 0 Å². The zero-order valence-electron chi connectivity index (χ0n) is 18.1. The van der Waals surface area contributed by atoms with Crippen LogP contribution < -0.4 is 4.74 Å². The van der Waals surface area contributed by atoms with Gasteiger partial charge in [-0.05, 0) is 43.9 Å². The van der Waals surface area contributed by atoms with Crippen molar-refractivity contribution in [1.82, 2.24) is 25.2 Å². The maximum atomic E-state index is 13.0. The minimum absolute atomic E-state index is 0.00304. The van der Waals surface area contributed by atoms with Gasteiger partial charge in [0.1, 0.15) is 11.4 Å². The zero-order valence-corrected chi connectivity index (χ0v) is 18.1. The molecule has 9 heteroatoms. The van der Waals surface area contributed by atoms with Crippen LogP contribution in [-0.2, 0) is 11.2 Å². The standard InChI is InChI=1S/C23H27N5O4/c1-30-17-5-2-4-16(12-17)19-13-20(26-25-19)23(29)28-10-3-6-18(14-28)31-11-9-21-24-22(32-27-21)15-7-8-15/h2,4-5,12-13,15,18H,3,6-11,14H2,1H3,(H,25,26). The average molecular weight is 438 g/mol. The Morgan fingerprint density at radius 1 is 1.28 bits per heavy atom. The molecule has 1 aliphatic carbocycles. The van der Waals surface area contributed by atoms with E-state index in [1.54, 1.807) is 13.2 Å². The number of methoxy groups -OCH3 is 1. The van der Waals surface area contributed by atoms with Crippen molar-refractivity contribution < 1.29 is 18.8 Å². The predicted octanol–water partition coefficient (Wildman–Crippen LogP) is 3.21. The lowest BCUT2D eigenvalue weighted by atomic mass is 10.1. The molecule has 3 aromatic rings. The first-order valence-corrected chi connectivity index (χ1v) is 11.1. The Labute approximate surface area is 186 Å². The summed E-state index contributed by atoms with van der Waals surface area (Å²) in [6.07, 6.45) is 4.74. The summed E-state index contributed by atoms with van der Waals surface area (Å²) in [6.45, 7) is 1.79. The minimum atomic E-state index is -0.0628. The van der Waals surface area contributed by atoms with Gasteiger partial charge >= 0.3 is 0 Å². The van der Waals surface area contributed by atoms with E-state index in [-0.39, 0.29) is 12.0 Å². The third-order valence-corrected chi connectivity index (χ3v) is 5.93. The Hall–Kier alpha value is -3.20. The number of rotatable bonds is 8. The Kier molecular flexibility index (Phi) is 5.89. The highest BCUT2D eigenvalue weighted by molar-refractivity contribution is 5.93. The van der Waals surface area contributed by atoms with Crippen LogP contribution >= 0.6 is 0 Å². The van der Waals surface area contributed by atoms with Gasteiger partial charge in [0.2, 0.25) is 5.89 Å². The van der Waals surface area contributed by atoms with E-state index in [9.17, 15) is 4.79 Å². The lowest BCUT2D eigenvalue weighted by molar-refractivity contribution is 0.00232. The highest BCUT2D eigenvalue weighted by Gasteiger charge is 2.30. The number of aromatic nitrogens is 4. The molecule has 168 valence electrons. The smallest absolute Gasteiger partial charge is 0.271 e. The van der Waals surface area contributed by atoms with Gasteiger partial charge in [-0.1, -0.05) is 17.3 Å². The van der Waals surface area contributed by atoms with Crippen molar-refractivity contribution in [3.63, 3.8) is 0 Å². The van der Waals surface area contributed by atoms with Crippen LogP contribution in [-0.4, -0.2) is 64.1 Å². The van der Waals surface area contributed by atoms with Crippen LogP contribution in [0.5, 0.6) is 5.75 Å². The normalized spacial score (nSPS) is 18.7. The van der Waals surface area contributed by atoms with Crippen LogP contribution in [0, 0.1) is 0 Å². The van der Waals surface area contributed by atoms with Crippen LogP contribution in [0.15, 0.2) is 34.9 Å². The van der Waals surface area contributed by atoms with Crippen molar-refractivity contribution >= 4 is 5.91 Å². The monoisotopic (exact) mass is 437 g/mol. The van der Waals surface area contributed by atoms with Crippen LogP contribution in [0.4, 0.5) is 0 Å². The second-order valence-corrected chi connectivity index (χ2v) is 8.36. The van der Waals surface area contributed by atoms with E-state index in [2.05, 4.69) is 20.3 Å². The van der Waals surface area contributed by atoms with Gasteiger partial charge in [0, 0.05) is 31.0 Å². The van der Waals surface area contributed by atoms with E-state index in [1.165, 1.54) is 0 Å². The number of amides is 1. The number of ether oxygens (including phenoxy) is 2. The SMILES string of the molecule is COc1cccc(-c2cc(C(=O)N3CCCC(OCCc4noc(C5CC5)n4)C3)[nH]n2)c1. The Morgan fingerprint density at radius 2 is 2.19 bits per heavy atom. The topological polar surface area (TPSA) is 106 Å². The van der Waals surface area contributed by atoms with Gasteiger partial charge in [-0.2, -0.15) is 10.1 Å². The fourth-order valence-electron chi connectivity index (χ4n) is 3.97. The van der Waals surface area contributed by atoms with Crippen molar-refractivity contribution in [3.8, 4) is 17.0 Å². The third-order valence-electron chi connectivity index (χ3n) is 5.93. The van der Waals surface area contributed by atoms with E-state index < -0.39 is 0 Å². The second-order valence-electron chi connectivity index (χ2n) is 8.36. The average Bonchev–Trinajstić information content (AvgIpc) is 3.37. The summed E-state index contributed by atoms with van der Waals surface area (Å²) < 4.78 is 16.6. The molecule has 0 bridgehead atoms. The summed E-state index contributed by atoms with van der Waals surface area (Å²) >= 11 is 0. The van der Waals surface area contributed by atoms with Crippen molar-refractivity contribution in [1.29, 1.82) is 0 Å². The van der Waals surface area contributed by atoms with E-state index in [0.29, 0.717) is 49.2 Å². The van der Waals surface area contributed by atoms with Crippen molar-refractivity contribution in [2.45, 2.75) is 44.1 Å². The number of benzene rings is 1. The number of nitrogens with one attached hydrogen (secondary N) is 1. The number of hydrogen-bond donors (Lipinski definition) is 1. The third kappa shape index (κ3) is 4.67. The quantitative estimate of drug-likeness (QED) is 0.577. The summed E-state index contributed by atoms with van der Waals surface area (Å²) in [7, 11) is 1.63. The fourth-order valence-corrected chi connectivity index (χ4v) is 3.97. The Bertz CT molecular complexity index is 1070. The van der Waals surface area contributed by atoms with Gasteiger partial charge in [-0.25, -0.2) is 0 Å². The van der Waals surface area contributed by atoms with Gasteiger partial charge in [-0.3, -0.25) is 9.89 Å². The van der Waals surface area contributed by atoms with Crippen molar-refractivity contribution in [3.05, 3.63) is 47.7 Å². The fraction of sp³-hybridized carbons (Fsp3) is 0.478. The number of aromatic amines is 1. The molecule has 9 nitrogen and oxygen atoms in total. The molecule has 0 spiro atoms. The zero-order chi connectivity index (χ0) is 21.9. The maximum Gasteiger partial charge on any atom is 0.271 e. The lowest BCUT2D eigenvalue weighted by Gasteiger charge is -2.32. The van der Waals surface area contributed by atoms with E-state index in [0.717, 1.165) is 42.9 Å². The number of piperidine rings is 1. The minimum Gasteiger partial charge on any atom is -0.497 e. The molecule has 1 saturated carbocycles. The van der Waals surface area contributed by atoms with Crippen LogP contribution in [0.2, 0.25) is 0 Å². The highest BCUT2D eigenvalue weighted by Crippen LogP contribution is 2.38. The summed E-state index contributed by atoms with van der Waals surface area (Å²) in [5.74, 6) is 2.59. The van der Waals surface area contributed by atoms with E-state index in [1.807, 2.05) is 29.2 Å². The first kappa shape index (κ1) is 20.7. The molecule has 1 unspecified atom stereocenters. The van der Waals surface area contributed by atoms with Crippen LogP contribution in [0.1, 0.15) is 53.8 Å². The van der Waals surface area contributed by atoms with Crippen molar-refractivity contribution in [2.75, 3.05) is 26.8 Å². The number of hydrogen-bond acceptors (Lipinski definition) is 7. The molecule has 32 heavy (non-hydrogen) atoms. The molecule has 1 atom stereocenters. The number of carbonyl (C=O) groups is 1. The van der Waals surface area contributed by atoms with E-state index in [4.69, 9.17) is 14.0 Å². The predicted molar refractivity (Wildman–Crippen MR) is 115 cm³/mol. The molecular weight excluding hydrogens is 410 g/mol. The van der Waals surface area contributed by atoms with Gasteiger partial charge in [-0.15, -0.1) is 0 Å². The molecular formula is C23H27N5O4. The first-order chi connectivity index (χ1) is 15.7. The Balaban J connectivity index is 1.15. The molecule has 1 aromatic carbocycles. The molecule has 2 aliphatic rings. The number of likely N-dealkylation sites (tertiary alicyclic amines) is 1. The summed E-state index contributed by atoms with van der Waals surface area (Å²) in [5, 5.41) is 11.2. The highest BCUT2D eigenvalue weighted by atomic mass is 16.5. The molecule has 0 radical (unpaired) electrons. The molecule has 1 N–H and O–H groups in total. The van der Waals surface area contributed by atoms with Crippen LogP contribution in [0.25, 0.3) is 11.3 Å². The Morgan fingerprint density at radius 3 is 3.03 bits per heavy atom. The first-order valence-electron chi connectivity index (χ1n) is 11.1. The van der Waals surface area contributed by atoms with Gasteiger partial charge in [0.15, 0.2) is 5.82 Å². The number of nitrogens with zero attached hydrogens (tertiary/aromatic N) is 4. The molecule has 1 amide bonds. The molecule has 5 rings (SSSR count). The summed E-state index contributed by atoms with van der Waals surface area (Å²) in [6, 6.07) is 9.40. The van der Waals surface area contributed by atoms with Gasteiger partial charge in [0.05, 0.1) is 25.5 Å². The molecule has 2 fully saturated rings. The summed E-state index contributed by atoms with van der Waals surface area (Å²) in [5.41, 5.74) is 2.08. The molecule has 1 aliphatic heterocycles. The lowest BCUT2D eigenvalue weighted by Crippen LogP contribution is -2.43. The second kappa shape index (κ2) is 9.12. The number of H-pyrrole nitrogens is 1. The molecule has 2 aromatic heterocycles. The molecule has 1 saturated heterocycles. The van der Waals surface area contributed by atoms with Gasteiger partial charge < -0.3 is 18.9 Å². The largest absolute Gasteiger partial charge is 0.497 e. The number of carbonyl (C=O) groups excluding carboxylic acids is 1. The summed E-state index contributed by atoms with van der Waals surface area (Å²) in [4.78, 5) is 19.3. The van der Waals surface area contributed by atoms with Crippen molar-refractivity contribution in [2.24, 2.45) is 0 Å². The maximum absolute atomic E-state index is 13.0. The van der Waals surface area contributed by atoms with Gasteiger partial charge in [0.25, 0.3) is 5.91 Å². The molecule has 3 heterocycles.